The van der Waals surface area contributed by atoms with E-state index in [4.69, 9.17) is 5.73 Å². The second-order valence-corrected chi connectivity index (χ2v) is 7.65. The van der Waals surface area contributed by atoms with Crippen LogP contribution >= 0.6 is 11.3 Å². The van der Waals surface area contributed by atoms with Gasteiger partial charge in [-0.1, -0.05) is 35.4 Å². The Balaban J connectivity index is 1.74. The average Bonchev–Trinajstić information content (AvgIpc) is 2.81. The molecular formula is C20H21NS. The maximum absolute atomic E-state index is 5.50. The fraction of sp³-hybridized carbons (Fsp3) is 0.300. The molecule has 0 saturated heterocycles. The lowest BCUT2D eigenvalue weighted by atomic mass is 9.57. The van der Waals surface area contributed by atoms with Crippen molar-refractivity contribution in [3.63, 3.8) is 0 Å². The Hall–Kier alpha value is -1.80. The summed E-state index contributed by atoms with van der Waals surface area (Å²) in [6, 6.07) is 8.86. The van der Waals surface area contributed by atoms with E-state index in [1.807, 2.05) is 17.4 Å². The van der Waals surface area contributed by atoms with Gasteiger partial charge in [0, 0.05) is 9.58 Å². The Morgan fingerprint density at radius 2 is 2.14 bits per heavy atom. The summed E-state index contributed by atoms with van der Waals surface area (Å²) in [5.41, 5.74) is 9.93. The molecule has 0 spiro atoms. The normalized spacial score (nSPS) is 27.5. The van der Waals surface area contributed by atoms with Gasteiger partial charge in [-0.2, -0.15) is 0 Å². The molecule has 1 saturated carbocycles. The minimum atomic E-state index is 0.657. The third kappa shape index (κ3) is 1.98. The molecule has 0 radical (unpaired) electrons. The van der Waals surface area contributed by atoms with Crippen LogP contribution in [0.2, 0.25) is 0 Å². The zero-order valence-corrected chi connectivity index (χ0v) is 13.9. The van der Waals surface area contributed by atoms with Crippen LogP contribution < -0.4 is 5.73 Å². The first-order chi connectivity index (χ1) is 10.7. The molecule has 2 N–H and O–H groups in total. The van der Waals surface area contributed by atoms with Crippen molar-refractivity contribution in [2.45, 2.75) is 26.2 Å². The van der Waals surface area contributed by atoms with Crippen molar-refractivity contribution in [3.05, 3.63) is 64.2 Å². The highest BCUT2D eigenvalue weighted by Gasteiger charge is 2.45. The predicted octanol–water partition coefficient (Wildman–Crippen LogP) is 5.46. The molecule has 4 rings (SSSR count). The Morgan fingerprint density at radius 1 is 1.32 bits per heavy atom. The molecular weight excluding hydrogens is 286 g/mol. The summed E-state index contributed by atoms with van der Waals surface area (Å²) in [5.74, 6) is 2.03. The minimum Gasteiger partial charge on any atom is -0.405 e. The fourth-order valence-electron chi connectivity index (χ4n) is 4.24. The van der Waals surface area contributed by atoms with Crippen LogP contribution in [0.1, 0.15) is 36.6 Å². The molecule has 2 heteroatoms. The van der Waals surface area contributed by atoms with E-state index in [0.717, 1.165) is 0 Å². The van der Waals surface area contributed by atoms with Gasteiger partial charge in [0.25, 0.3) is 0 Å². The number of thiophene rings is 1. The number of benzene rings is 1. The molecule has 2 aliphatic rings. The quantitative estimate of drug-likeness (QED) is 0.733. The molecule has 1 heterocycles. The summed E-state index contributed by atoms with van der Waals surface area (Å²) in [6.07, 6.45) is 9.73. The van der Waals surface area contributed by atoms with Crippen molar-refractivity contribution < 1.29 is 0 Å². The fourth-order valence-corrected chi connectivity index (χ4v) is 5.52. The van der Waals surface area contributed by atoms with Gasteiger partial charge in [-0.25, -0.2) is 0 Å². The standard InChI is InChI=1S/C20H21NS/c1-12(7-8-21)9-14-11-16-19(14)13(2)10-18-20(16)15-5-3-4-6-17(15)22-18/h3-10,14,16,19H,11,21H2,1-2H3/b8-7-,12-9-. The van der Waals surface area contributed by atoms with E-state index in [2.05, 4.69) is 50.3 Å². The number of hydrogen-bond donors (Lipinski definition) is 1. The maximum Gasteiger partial charge on any atom is 0.0352 e. The van der Waals surface area contributed by atoms with Gasteiger partial charge in [0.2, 0.25) is 0 Å². The van der Waals surface area contributed by atoms with Gasteiger partial charge >= 0.3 is 0 Å². The van der Waals surface area contributed by atoms with E-state index in [1.54, 1.807) is 17.3 Å². The summed E-state index contributed by atoms with van der Waals surface area (Å²) in [5, 5.41) is 1.47. The van der Waals surface area contributed by atoms with Crippen LogP contribution in [0.3, 0.4) is 0 Å². The number of rotatable bonds is 2. The zero-order valence-electron chi connectivity index (χ0n) is 13.0. The highest BCUT2D eigenvalue weighted by molar-refractivity contribution is 7.20. The molecule has 1 aromatic carbocycles. The summed E-state index contributed by atoms with van der Waals surface area (Å²) >= 11 is 1.95. The summed E-state index contributed by atoms with van der Waals surface area (Å²) in [7, 11) is 0. The number of hydrogen-bond acceptors (Lipinski definition) is 2. The molecule has 3 atom stereocenters. The summed E-state index contributed by atoms with van der Waals surface area (Å²) in [4.78, 5) is 1.49. The molecule has 0 bridgehead atoms. The summed E-state index contributed by atoms with van der Waals surface area (Å²) < 4.78 is 1.43. The molecule has 2 aliphatic carbocycles. The first-order valence-electron chi connectivity index (χ1n) is 7.95. The van der Waals surface area contributed by atoms with Crippen LogP contribution in [0.5, 0.6) is 0 Å². The molecule has 0 aliphatic heterocycles. The van der Waals surface area contributed by atoms with Gasteiger partial charge in [0.15, 0.2) is 0 Å². The number of nitrogens with two attached hydrogens (primary N) is 1. The monoisotopic (exact) mass is 307 g/mol. The smallest absolute Gasteiger partial charge is 0.0352 e. The van der Waals surface area contributed by atoms with E-state index < -0.39 is 0 Å². The maximum atomic E-state index is 5.50. The van der Waals surface area contributed by atoms with Crippen molar-refractivity contribution >= 4 is 27.5 Å². The second kappa shape index (κ2) is 5.13. The Labute approximate surface area is 135 Å². The zero-order chi connectivity index (χ0) is 15.3. The van der Waals surface area contributed by atoms with E-state index in [1.165, 1.54) is 27.0 Å². The molecule has 0 amide bonds. The highest BCUT2D eigenvalue weighted by Crippen LogP contribution is 2.58. The van der Waals surface area contributed by atoms with Crippen molar-refractivity contribution in [2.24, 2.45) is 17.6 Å². The molecule has 22 heavy (non-hydrogen) atoms. The van der Waals surface area contributed by atoms with Crippen molar-refractivity contribution in [1.29, 1.82) is 0 Å². The Bertz CT molecular complexity index is 821. The Kier molecular flexibility index (Phi) is 3.23. The van der Waals surface area contributed by atoms with Gasteiger partial charge < -0.3 is 5.73 Å². The molecule has 1 fully saturated rings. The van der Waals surface area contributed by atoms with Crippen LogP contribution in [-0.2, 0) is 0 Å². The third-order valence-electron chi connectivity index (χ3n) is 5.17. The van der Waals surface area contributed by atoms with E-state index in [-0.39, 0.29) is 0 Å². The van der Waals surface area contributed by atoms with Gasteiger partial charge in [-0.3, -0.25) is 0 Å². The van der Waals surface area contributed by atoms with Gasteiger partial charge in [0.05, 0.1) is 0 Å². The Morgan fingerprint density at radius 3 is 2.95 bits per heavy atom. The first kappa shape index (κ1) is 13.8. The number of allylic oxidation sites excluding steroid dienone is 4. The average molecular weight is 307 g/mol. The van der Waals surface area contributed by atoms with Crippen LogP contribution in [0.25, 0.3) is 16.2 Å². The third-order valence-corrected chi connectivity index (χ3v) is 6.31. The van der Waals surface area contributed by atoms with Crippen molar-refractivity contribution in [2.75, 3.05) is 0 Å². The molecule has 112 valence electrons. The largest absolute Gasteiger partial charge is 0.405 e. The van der Waals surface area contributed by atoms with Crippen LogP contribution in [-0.4, -0.2) is 0 Å². The lowest BCUT2D eigenvalue weighted by molar-refractivity contribution is 0.214. The highest BCUT2D eigenvalue weighted by atomic mass is 32.1. The molecule has 3 unspecified atom stereocenters. The SMILES string of the molecule is CC1=Cc2sc3ccccc3c2C2CC(/C=C(C)\C=C/N)C12. The lowest BCUT2D eigenvalue weighted by Crippen LogP contribution is -2.36. The van der Waals surface area contributed by atoms with Crippen LogP contribution in [0.4, 0.5) is 0 Å². The first-order valence-corrected chi connectivity index (χ1v) is 8.77. The van der Waals surface area contributed by atoms with E-state index >= 15 is 0 Å². The van der Waals surface area contributed by atoms with Crippen molar-refractivity contribution in [1.82, 2.24) is 0 Å². The number of fused-ring (bicyclic) bond motifs is 5. The van der Waals surface area contributed by atoms with E-state index in [9.17, 15) is 0 Å². The van der Waals surface area contributed by atoms with Crippen LogP contribution in [0.15, 0.2) is 53.8 Å². The topological polar surface area (TPSA) is 26.0 Å². The summed E-state index contributed by atoms with van der Waals surface area (Å²) in [6.45, 7) is 4.45. The molecule has 1 aromatic heterocycles. The van der Waals surface area contributed by atoms with Gasteiger partial charge in [-0.05, 0) is 73.4 Å². The molecule has 1 nitrogen and oxygen atoms in total. The lowest BCUT2D eigenvalue weighted by Gasteiger charge is -2.47. The van der Waals surface area contributed by atoms with E-state index in [0.29, 0.717) is 17.8 Å². The van der Waals surface area contributed by atoms with Gasteiger partial charge in [0.1, 0.15) is 0 Å². The molecule has 2 aromatic rings. The van der Waals surface area contributed by atoms with Crippen LogP contribution in [0, 0.1) is 11.8 Å². The second-order valence-electron chi connectivity index (χ2n) is 6.57. The minimum absolute atomic E-state index is 0.657. The predicted molar refractivity (Wildman–Crippen MR) is 96.9 cm³/mol. The van der Waals surface area contributed by atoms with Gasteiger partial charge in [-0.15, -0.1) is 11.3 Å². The van der Waals surface area contributed by atoms with Crippen molar-refractivity contribution in [3.8, 4) is 0 Å².